The second-order valence-corrected chi connectivity index (χ2v) is 8.53. The summed E-state index contributed by atoms with van der Waals surface area (Å²) in [6, 6.07) is 7.52. The van der Waals surface area contributed by atoms with Crippen molar-refractivity contribution >= 4 is 45.0 Å². The Morgan fingerprint density at radius 1 is 1.30 bits per heavy atom. The van der Waals surface area contributed by atoms with Gasteiger partial charge in [-0.25, -0.2) is 0 Å². The lowest BCUT2D eigenvalue weighted by atomic mass is 10.1. The van der Waals surface area contributed by atoms with Gasteiger partial charge in [0.05, 0.1) is 5.75 Å². The molecular formula is C19H22N4O2S2. The van der Waals surface area contributed by atoms with Gasteiger partial charge in [-0.1, -0.05) is 38.2 Å². The molecule has 3 rings (SSSR count). The number of amides is 1. The van der Waals surface area contributed by atoms with Gasteiger partial charge in [0.15, 0.2) is 5.43 Å². The number of carbonyl (C=O) groups is 1. The molecule has 0 radical (unpaired) electrons. The number of nitrogens with zero attached hydrogens (tertiary/aromatic N) is 2. The van der Waals surface area contributed by atoms with Gasteiger partial charge >= 0.3 is 0 Å². The summed E-state index contributed by atoms with van der Waals surface area (Å²) < 4.78 is 0. The number of pyridine rings is 1. The second-order valence-electron chi connectivity index (χ2n) is 6.53. The first-order chi connectivity index (χ1) is 13.0. The summed E-state index contributed by atoms with van der Waals surface area (Å²) in [5.41, 5.74) is 2.79. The Labute approximate surface area is 165 Å². The number of nitrogens with one attached hydrogen (secondary N) is 2. The highest BCUT2D eigenvalue weighted by Gasteiger charge is 2.11. The maximum absolute atomic E-state index is 12.3. The molecule has 0 atom stereocenters. The maximum atomic E-state index is 12.3. The van der Waals surface area contributed by atoms with E-state index in [1.165, 1.54) is 23.1 Å². The molecule has 2 aromatic heterocycles. The lowest BCUT2D eigenvalue weighted by Gasteiger charge is -2.06. The number of carbonyl (C=O) groups excluding carboxylic acids is 1. The number of anilines is 1. The summed E-state index contributed by atoms with van der Waals surface area (Å²) in [6.45, 7) is 6.14. The van der Waals surface area contributed by atoms with E-state index in [-0.39, 0.29) is 17.1 Å². The maximum Gasteiger partial charge on any atom is 0.236 e. The van der Waals surface area contributed by atoms with Gasteiger partial charge in [0, 0.05) is 34.3 Å². The Bertz CT molecular complexity index is 1010. The van der Waals surface area contributed by atoms with Gasteiger partial charge in [0.2, 0.25) is 11.0 Å². The van der Waals surface area contributed by atoms with E-state index in [0.29, 0.717) is 22.2 Å². The molecule has 0 bridgehead atoms. The summed E-state index contributed by atoms with van der Waals surface area (Å²) in [4.78, 5) is 27.7. The minimum Gasteiger partial charge on any atom is -0.357 e. The lowest BCUT2D eigenvalue weighted by Crippen LogP contribution is -2.14. The smallest absolute Gasteiger partial charge is 0.236 e. The van der Waals surface area contributed by atoms with Crippen molar-refractivity contribution < 1.29 is 4.79 Å². The topological polar surface area (TPSA) is 87.7 Å². The number of hydrogen-bond donors (Lipinski definition) is 2. The monoisotopic (exact) mass is 402 g/mol. The highest BCUT2D eigenvalue weighted by Crippen LogP contribution is 2.22. The van der Waals surface area contributed by atoms with Crippen LogP contribution in [0.25, 0.3) is 10.9 Å². The molecule has 1 aromatic carbocycles. The van der Waals surface area contributed by atoms with Crippen molar-refractivity contribution in [3.05, 3.63) is 50.8 Å². The molecule has 27 heavy (non-hydrogen) atoms. The molecule has 0 aliphatic heterocycles. The fourth-order valence-corrected chi connectivity index (χ4v) is 4.07. The van der Waals surface area contributed by atoms with Crippen LogP contribution >= 0.6 is 23.1 Å². The standard InChI is InChI=1S/C19H22N4O2S2/c1-4-12-5-6-15-14(7-12)16(24)8-13(20-15)9-26-10-17(25)21-19-23-22-18(27-19)11(2)3/h5-8,11H,4,9-10H2,1-3H3,(H,20,24)(H,21,23,25). The van der Waals surface area contributed by atoms with Crippen molar-refractivity contribution in [2.75, 3.05) is 11.1 Å². The number of aryl methyl sites for hydroxylation is 1. The summed E-state index contributed by atoms with van der Waals surface area (Å²) >= 11 is 2.84. The SMILES string of the molecule is CCc1ccc2[nH]c(CSCC(=O)Nc3nnc(C(C)C)s3)cc(=O)c2c1. The van der Waals surface area contributed by atoms with Crippen molar-refractivity contribution in [2.24, 2.45) is 0 Å². The third-order valence-electron chi connectivity index (χ3n) is 4.03. The zero-order valence-electron chi connectivity index (χ0n) is 15.5. The quantitative estimate of drug-likeness (QED) is 0.625. The summed E-state index contributed by atoms with van der Waals surface area (Å²) in [6.07, 6.45) is 0.898. The number of aromatic nitrogens is 3. The molecule has 0 unspecified atom stereocenters. The molecule has 0 spiro atoms. The number of benzene rings is 1. The van der Waals surface area contributed by atoms with E-state index < -0.39 is 0 Å². The van der Waals surface area contributed by atoms with Crippen LogP contribution in [-0.2, 0) is 17.0 Å². The molecule has 1 amide bonds. The van der Waals surface area contributed by atoms with E-state index in [1.807, 2.05) is 32.0 Å². The highest BCUT2D eigenvalue weighted by molar-refractivity contribution is 7.99. The van der Waals surface area contributed by atoms with E-state index in [4.69, 9.17) is 0 Å². The Morgan fingerprint density at radius 2 is 2.11 bits per heavy atom. The minimum absolute atomic E-state index is 0.00850. The molecule has 0 fully saturated rings. The molecule has 2 heterocycles. The molecule has 0 saturated heterocycles. The predicted octanol–water partition coefficient (Wildman–Crippen LogP) is 3.94. The van der Waals surface area contributed by atoms with Crippen LogP contribution in [0.5, 0.6) is 0 Å². The number of aromatic amines is 1. The molecule has 0 aliphatic rings. The molecule has 3 aromatic rings. The molecule has 2 N–H and O–H groups in total. The average molecular weight is 403 g/mol. The predicted molar refractivity (Wildman–Crippen MR) is 113 cm³/mol. The van der Waals surface area contributed by atoms with E-state index >= 15 is 0 Å². The summed E-state index contributed by atoms with van der Waals surface area (Å²) in [5.74, 6) is 1.01. The van der Waals surface area contributed by atoms with E-state index in [0.717, 1.165) is 28.2 Å². The van der Waals surface area contributed by atoms with E-state index in [9.17, 15) is 9.59 Å². The Balaban J connectivity index is 1.58. The Hall–Kier alpha value is -2.19. The van der Waals surface area contributed by atoms with Crippen LogP contribution in [0.3, 0.4) is 0 Å². The third-order valence-corrected chi connectivity index (χ3v) is 6.15. The summed E-state index contributed by atoms with van der Waals surface area (Å²) in [7, 11) is 0. The van der Waals surface area contributed by atoms with Crippen LogP contribution in [0, 0.1) is 0 Å². The van der Waals surface area contributed by atoms with Crippen LogP contribution < -0.4 is 10.7 Å². The number of rotatable bonds is 7. The first-order valence-corrected chi connectivity index (χ1v) is 10.8. The first kappa shape index (κ1) is 19.6. The largest absolute Gasteiger partial charge is 0.357 e. The zero-order valence-corrected chi connectivity index (χ0v) is 17.2. The van der Waals surface area contributed by atoms with Gasteiger partial charge < -0.3 is 4.98 Å². The van der Waals surface area contributed by atoms with Gasteiger partial charge in [-0.05, 0) is 24.1 Å². The molecule has 0 saturated carbocycles. The van der Waals surface area contributed by atoms with Crippen molar-refractivity contribution in [1.29, 1.82) is 0 Å². The van der Waals surface area contributed by atoms with Crippen molar-refractivity contribution in [3.63, 3.8) is 0 Å². The van der Waals surface area contributed by atoms with Crippen LogP contribution in [-0.4, -0.2) is 26.8 Å². The average Bonchev–Trinajstić information content (AvgIpc) is 3.10. The molecule has 0 aliphatic carbocycles. The third kappa shape index (κ3) is 4.95. The molecule has 8 heteroatoms. The van der Waals surface area contributed by atoms with Crippen LogP contribution in [0.15, 0.2) is 29.1 Å². The first-order valence-electron chi connectivity index (χ1n) is 8.82. The Morgan fingerprint density at radius 3 is 2.81 bits per heavy atom. The van der Waals surface area contributed by atoms with Gasteiger partial charge in [0.1, 0.15) is 5.01 Å². The van der Waals surface area contributed by atoms with Crippen LogP contribution in [0.2, 0.25) is 0 Å². The van der Waals surface area contributed by atoms with Crippen molar-refractivity contribution in [3.8, 4) is 0 Å². The number of thioether (sulfide) groups is 1. The fraction of sp³-hybridized carbons (Fsp3) is 0.368. The number of fused-ring (bicyclic) bond motifs is 1. The number of H-pyrrole nitrogens is 1. The Kier molecular flexibility index (Phi) is 6.28. The highest BCUT2D eigenvalue weighted by atomic mass is 32.2. The molecule has 142 valence electrons. The number of hydrogen-bond acceptors (Lipinski definition) is 6. The fourth-order valence-electron chi connectivity index (χ4n) is 2.57. The molecular weight excluding hydrogens is 380 g/mol. The van der Waals surface area contributed by atoms with Crippen molar-refractivity contribution in [2.45, 2.75) is 38.9 Å². The van der Waals surface area contributed by atoms with Crippen LogP contribution in [0.1, 0.15) is 43.0 Å². The van der Waals surface area contributed by atoms with Gasteiger partial charge in [-0.2, -0.15) is 0 Å². The van der Waals surface area contributed by atoms with E-state index in [1.54, 1.807) is 6.07 Å². The normalized spacial score (nSPS) is 11.3. The second kappa shape index (κ2) is 8.67. The summed E-state index contributed by atoms with van der Waals surface area (Å²) in [5, 5.41) is 12.9. The van der Waals surface area contributed by atoms with Crippen LogP contribution in [0.4, 0.5) is 5.13 Å². The van der Waals surface area contributed by atoms with Gasteiger partial charge in [0.25, 0.3) is 0 Å². The lowest BCUT2D eigenvalue weighted by molar-refractivity contribution is -0.113. The minimum atomic E-state index is -0.123. The van der Waals surface area contributed by atoms with E-state index in [2.05, 4.69) is 27.4 Å². The molecule has 6 nitrogen and oxygen atoms in total. The van der Waals surface area contributed by atoms with Gasteiger partial charge in [-0.15, -0.1) is 22.0 Å². The zero-order chi connectivity index (χ0) is 19.4. The van der Waals surface area contributed by atoms with Crippen molar-refractivity contribution in [1.82, 2.24) is 15.2 Å². The van der Waals surface area contributed by atoms with Gasteiger partial charge in [-0.3, -0.25) is 14.9 Å².